The summed E-state index contributed by atoms with van der Waals surface area (Å²) in [5, 5.41) is 10.6. The maximum Gasteiger partial charge on any atom is 0.138 e. The van der Waals surface area contributed by atoms with Crippen LogP contribution in [0.5, 0.6) is 0 Å². The van der Waals surface area contributed by atoms with Crippen LogP contribution in [-0.4, -0.2) is 0 Å². The molecular formula is C27H28FN. The molecule has 0 saturated heterocycles. The Balaban J connectivity index is 1.55. The van der Waals surface area contributed by atoms with Crippen molar-refractivity contribution in [3.8, 4) is 17.2 Å². The summed E-state index contributed by atoms with van der Waals surface area (Å²) in [6, 6.07) is 19.4. The van der Waals surface area contributed by atoms with E-state index in [1.165, 1.54) is 50.5 Å². The van der Waals surface area contributed by atoms with Crippen molar-refractivity contribution >= 4 is 10.8 Å². The molecule has 1 saturated carbocycles. The predicted octanol–water partition coefficient (Wildman–Crippen LogP) is 7.98. The average Bonchev–Trinajstić information content (AvgIpc) is 2.78. The number of benzene rings is 3. The van der Waals surface area contributed by atoms with E-state index in [9.17, 15) is 0 Å². The molecule has 0 spiro atoms. The number of rotatable bonds is 5. The molecule has 1 aliphatic rings. The van der Waals surface area contributed by atoms with Crippen molar-refractivity contribution in [1.82, 2.24) is 0 Å². The van der Waals surface area contributed by atoms with Crippen LogP contribution in [0.25, 0.3) is 21.9 Å². The zero-order valence-electron chi connectivity index (χ0n) is 17.1. The first kappa shape index (κ1) is 19.6. The number of hydrogen-bond acceptors (Lipinski definition) is 1. The summed E-state index contributed by atoms with van der Waals surface area (Å²) in [5.74, 6) is 1.33. The van der Waals surface area contributed by atoms with Crippen LogP contribution in [0.3, 0.4) is 0 Å². The molecule has 0 radical (unpaired) electrons. The summed E-state index contributed by atoms with van der Waals surface area (Å²) >= 11 is 0. The summed E-state index contributed by atoms with van der Waals surface area (Å²) < 4.78 is 15.2. The van der Waals surface area contributed by atoms with Crippen LogP contribution in [0.1, 0.15) is 68.9 Å². The van der Waals surface area contributed by atoms with Gasteiger partial charge in [-0.3, -0.25) is 0 Å². The Labute approximate surface area is 173 Å². The smallest absolute Gasteiger partial charge is 0.138 e. The highest BCUT2D eigenvalue weighted by atomic mass is 19.1. The van der Waals surface area contributed by atoms with E-state index in [4.69, 9.17) is 5.26 Å². The van der Waals surface area contributed by atoms with Crippen LogP contribution in [0, 0.1) is 23.1 Å². The second-order valence-electron chi connectivity index (χ2n) is 8.46. The number of fused-ring (bicyclic) bond motifs is 1. The maximum atomic E-state index is 15.2. The average molecular weight is 386 g/mol. The first-order valence-electron chi connectivity index (χ1n) is 10.9. The van der Waals surface area contributed by atoms with Crippen LogP contribution in [0.2, 0.25) is 0 Å². The molecule has 0 aliphatic heterocycles. The molecule has 0 heterocycles. The fraction of sp³-hybridized carbons (Fsp3) is 0.370. The van der Waals surface area contributed by atoms with Gasteiger partial charge in [0.25, 0.3) is 0 Å². The van der Waals surface area contributed by atoms with Crippen molar-refractivity contribution in [3.63, 3.8) is 0 Å². The molecule has 1 aliphatic carbocycles. The van der Waals surface area contributed by atoms with Crippen molar-refractivity contribution < 1.29 is 4.39 Å². The number of unbranched alkanes of at least 4 members (excludes halogenated alkanes) is 1. The Morgan fingerprint density at radius 2 is 1.72 bits per heavy atom. The lowest BCUT2D eigenvalue weighted by atomic mass is 9.77. The Hall–Kier alpha value is -2.66. The molecule has 0 bridgehead atoms. The molecular weight excluding hydrogens is 357 g/mol. The zero-order chi connectivity index (χ0) is 20.2. The molecule has 0 aromatic heterocycles. The van der Waals surface area contributed by atoms with Gasteiger partial charge in [0.2, 0.25) is 0 Å². The standard InChI is InChI=1S/C27H28FN/c1-2-3-4-19-5-9-21(10-6-19)23-13-15-26-24(17-23)14-16-25(27(26)28)22-11-7-20(18-29)8-12-22/h7-8,11-17,19,21H,2-6,9-10H2,1H3. The van der Waals surface area contributed by atoms with Crippen LogP contribution in [0.15, 0.2) is 54.6 Å². The summed E-state index contributed by atoms with van der Waals surface area (Å²) in [5.41, 5.74) is 3.34. The third kappa shape index (κ3) is 4.20. The van der Waals surface area contributed by atoms with Gasteiger partial charge in [0.05, 0.1) is 11.6 Å². The van der Waals surface area contributed by atoms with Gasteiger partial charge < -0.3 is 0 Å². The molecule has 4 rings (SSSR count). The third-order valence-electron chi connectivity index (χ3n) is 6.59. The van der Waals surface area contributed by atoms with Gasteiger partial charge >= 0.3 is 0 Å². The topological polar surface area (TPSA) is 23.8 Å². The summed E-state index contributed by atoms with van der Waals surface area (Å²) in [6.07, 6.45) is 9.19. The van der Waals surface area contributed by atoms with Gasteiger partial charge in [-0.15, -0.1) is 0 Å². The molecule has 0 atom stereocenters. The summed E-state index contributed by atoms with van der Waals surface area (Å²) in [4.78, 5) is 0. The highest BCUT2D eigenvalue weighted by molar-refractivity contribution is 5.89. The number of hydrogen-bond donors (Lipinski definition) is 0. The van der Waals surface area contributed by atoms with Crippen molar-refractivity contribution in [2.24, 2.45) is 5.92 Å². The van der Waals surface area contributed by atoms with Crippen LogP contribution < -0.4 is 0 Å². The van der Waals surface area contributed by atoms with Gasteiger partial charge in [-0.1, -0.05) is 68.7 Å². The van der Waals surface area contributed by atoms with Gasteiger partial charge in [0.1, 0.15) is 5.82 Å². The first-order valence-corrected chi connectivity index (χ1v) is 10.9. The normalized spacial score (nSPS) is 19.2. The number of nitriles is 1. The predicted molar refractivity (Wildman–Crippen MR) is 118 cm³/mol. The van der Waals surface area contributed by atoms with E-state index in [-0.39, 0.29) is 5.82 Å². The van der Waals surface area contributed by atoms with E-state index in [0.29, 0.717) is 22.4 Å². The maximum absolute atomic E-state index is 15.2. The van der Waals surface area contributed by atoms with Crippen molar-refractivity contribution in [1.29, 1.82) is 5.26 Å². The van der Waals surface area contributed by atoms with Crippen LogP contribution in [-0.2, 0) is 0 Å². The Kier molecular flexibility index (Phi) is 5.95. The molecule has 148 valence electrons. The van der Waals surface area contributed by atoms with E-state index in [1.54, 1.807) is 12.1 Å². The molecule has 0 amide bonds. The summed E-state index contributed by atoms with van der Waals surface area (Å²) in [7, 11) is 0. The lowest BCUT2D eigenvalue weighted by Gasteiger charge is -2.29. The lowest BCUT2D eigenvalue weighted by molar-refractivity contribution is 0.304. The fourth-order valence-electron chi connectivity index (χ4n) is 4.79. The molecule has 1 fully saturated rings. The van der Waals surface area contributed by atoms with Crippen molar-refractivity contribution in [2.75, 3.05) is 0 Å². The van der Waals surface area contributed by atoms with Gasteiger partial charge in [0.15, 0.2) is 0 Å². The molecule has 29 heavy (non-hydrogen) atoms. The minimum atomic E-state index is -0.179. The zero-order valence-corrected chi connectivity index (χ0v) is 17.1. The van der Waals surface area contributed by atoms with E-state index in [0.717, 1.165) is 16.9 Å². The Bertz CT molecular complexity index is 1020. The highest BCUT2D eigenvalue weighted by Gasteiger charge is 2.22. The van der Waals surface area contributed by atoms with Crippen molar-refractivity contribution in [3.05, 3.63) is 71.5 Å². The van der Waals surface area contributed by atoms with E-state index in [2.05, 4.69) is 25.1 Å². The molecule has 1 nitrogen and oxygen atoms in total. The Morgan fingerprint density at radius 1 is 0.966 bits per heavy atom. The Morgan fingerprint density at radius 3 is 2.41 bits per heavy atom. The minimum Gasteiger partial charge on any atom is -0.206 e. The van der Waals surface area contributed by atoms with Gasteiger partial charge in [0, 0.05) is 10.9 Å². The second kappa shape index (κ2) is 8.78. The monoisotopic (exact) mass is 385 g/mol. The molecule has 2 heteroatoms. The van der Waals surface area contributed by atoms with Gasteiger partial charge in [-0.25, -0.2) is 4.39 Å². The lowest BCUT2D eigenvalue weighted by Crippen LogP contribution is -2.13. The molecule has 3 aromatic rings. The molecule has 0 N–H and O–H groups in total. The number of halogens is 1. The van der Waals surface area contributed by atoms with Crippen molar-refractivity contribution in [2.45, 2.75) is 57.8 Å². The SMILES string of the molecule is CCCCC1CCC(c2ccc3c(F)c(-c4ccc(C#N)cc4)ccc3c2)CC1. The highest BCUT2D eigenvalue weighted by Crippen LogP contribution is 2.39. The largest absolute Gasteiger partial charge is 0.206 e. The molecule has 0 unspecified atom stereocenters. The quantitative estimate of drug-likeness (QED) is 0.437. The van der Waals surface area contributed by atoms with Gasteiger partial charge in [-0.05, 0) is 66.2 Å². The van der Waals surface area contributed by atoms with Gasteiger partial charge in [-0.2, -0.15) is 5.26 Å². The van der Waals surface area contributed by atoms with E-state index in [1.807, 2.05) is 30.3 Å². The van der Waals surface area contributed by atoms with E-state index < -0.39 is 0 Å². The third-order valence-corrected chi connectivity index (χ3v) is 6.59. The second-order valence-corrected chi connectivity index (χ2v) is 8.46. The van der Waals surface area contributed by atoms with E-state index >= 15 is 4.39 Å². The van der Waals surface area contributed by atoms with Crippen LogP contribution >= 0.6 is 0 Å². The number of nitrogens with zero attached hydrogens (tertiary/aromatic N) is 1. The minimum absolute atomic E-state index is 0.179. The van der Waals surface area contributed by atoms with Crippen LogP contribution in [0.4, 0.5) is 4.39 Å². The first-order chi connectivity index (χ1) is 14.2. The molecule has 3 aromatic carbocycles. The summed E-state index contributed by atoms with van der Waals surface area (Å²) in [6.45, 7) is 2.27. The fourth-order valence-corrected chi connectivity index (χ4v) is 4.79.